The zero-order valence-corrected chi connectivity index (χ0v) is 15.8. The molecule has 0 aliphatic carbocycles. The summed E-state index contributed by atoms with van der Waals surface area (Å²) in [5.74, 6) is 0. The fraction of sp³-hybridized carbons (Fsp3) is 0. The molecule has 128 valence electrons. The highest BCUT2D eigenvalue weighted by Gasteiger charge is 2.13. The van der Waals surface area contributed by atoms with Crippen molar-refractivity contribution in [2.45, 2.75) is 0 Å². The number of rotatable bonds is 1. The van der Waals surface area contributed by atoms with Gasteiger partial charge in [-0.05, 0) is 47.5 Å². The van der Waals surface area contributed by atoms with Crippen LogP contribution >= 0.6 is 22.9 Å². The lowest BCUT2D eigenvalue weighted by Crippen LogP contribution is -1.79. The Bertz CT molecular complexity index is 1490. The van der Waals surface area contributed by atoms with Gasteiger partial charge in [0.1, 0.15) is 11.2 Å². The first-order valence-corrected chi connectivity index (χ1v) is 10.00. The van der Waals surface area contributed by atoms with E-state index in [-0.39, 0.29) is 0 Å². The summed E-state index contributed by atoms with van der Waals surface area (Å²) in [6, 6.07) is 27.3. The fourth-order valence-electron chi connectivity index (χ4n) is 3.88. The van der Waals surface area contributed by atoms with Gasteiger partial charge in [-0.15, -0.1) is 11.3 Å². The van der Waals surface area contributed by atoms with Crippen molar-refractivity contribution < 1.29 is 4.42 Å². The molecule has 0 bridgehead atoms. The van der Waals surface area contributed by atoms with Crippen molar-refractivity contribution in [3.63, 3.8) is 0 Å². The van der Waals surface area contributed by atoms with Crippen LogP contribution in [0.5, 0.6) is 0 Å². The van der Waals surface area contributed by atoms with Crippen LogP contribution in [-0.2, 0) is 0 Å². The molecule has 0 aliphatic heterocycles. The maximum Gasteiger partial charge on any atom is 0.137 e. The minimum atomic E-state index is 0.725. The molecule has 0 spiro atoms. The van der Waals surface area contributed by atoms with E-state index >= 15 is 0 Å². The highest BCUT2D eigenvalue weighted by atomic mass is 35.5. The van der Waals surface area contributed by atoms with E-state index in [0.29, 0.717) is 0 Å². The Kier molecular flexibility index (Phi) is 3.16. The quantitative estimate of drug-likeness (QED) is 0.278. The smallest absolute Gasteiger partial charge is 0.137 e. The van der Waals surface area contributed by atoms with Crippen LogP contribution in [-0.4, -0.2) is 0 Å². The summed E-state index contributed by atoms with van der Waals surface area (Å²) in [6.45, 7) is 0. The van der Waals surface area contributed by atoms with Gasteiger partial charge in [0.2, 0.25) is 0 Å². The van der Waals surface area contributed by atoms with Crippen LogP contribution in [0.25, 0.3) is 53.2 Å². The topological polar surface area (TPSA) is 13.1 Å². The number of hydrogen-bond donors (Lipinski definition) is 0. The third-order valence-electron chi connectivity index (χ3n) is 5.14. The normalized spacial score (nSPS) is 11.9. The predicted molar refractivity (Wildman–Crippen MR) is 117 cm³/mol. The fourth-order valence-corrected chi connectivity index (χ4v) is 5.28. The lowest BCUT2D eigenvalue weighted by atomic mass is 10.0. The van der Waals surface area contributed by atoms with Gasteiger partial charge in [0.05, 0.1) is 5.02 Å². The van der Waals surface area contributed by atoms with Gasteiger partial charge in [0.15, 0.2) is 0 Å². The predicted octanol–water partition coefficient (Wildman–Crippen LogP) is 8.27. The Morgan fingerprint density at radius 2 is 1.41 bits per heavy atom. The standard InChI is InChI=1S/C24H13ClOS/c25-19-12-15(13-21-24(19)17-6-1-3-7-20(17)26-21)14-9-10-23-18(11-14)16-5-2-4-8-22(16)27-23/h1-13H. The van der Waals surface area contributed by atoms with Gasteiger partial charge in [0.25, 0.3) is 0 Å². The molecule has 2 heterocycles. The maximum absolute atomic E-state index is 6.67. The van der Waals surface area contributed by atoms with Crippen molar-refractivity contribution in [2.24, 2.45) is 0 Å². The minimum Gasteiger partial charge on any atom is -0.456 e. The molecule has 0 amide bonds. The van der Waals surface area contributed by atoms with E-state index in [4.69, 9.17) is 16.0 Å². The van der Waals surface area contributed by atoms with Gasteiger partial charge in [-0.1, -0.05) is 54.1 Å². The molecule has 6 rings (SSSR count). The molecule has 0 radical (unpaired) electrons. The van der Waals surface area contributed by atoms with E-state index in [9.17, 15) is 0 Å². The number of furan rings is 1. The van der Waals surface area contributed by atoms with E-state index in [0.717, 1.165) is 38.1 Å². The second-order valence-electron chi connectivity index (χ2n) is 6.74. The lowest BCUT2D eigenvalue weighted by molar-refractivity contribution is 0.669. The van der Waals surface area contributed by atoms with Crippen LogP contribution in [0.3, 0.4) is 0 Å². The number of fused-ring (bicyclic) bond motifs is 6. The second-order valence-corrected chi connectivity index (χ2v) is 8.23. The van der Waals surface area contributed by atoms with Gasteiger partial charge >= 0.3 is 0 Å². The van der Waals surface area contributed by atoms with Gasteiger partial charge in [0, 0.05) is 30.9 Å². The van der Waals surface area contributed by atoms with Crippen LogP contribution in [0.4, 0.5) is 0 Å². The summed E-state index contributed by atoms with van der Waals surface area (Å²) >= 11 is 8.50. The summed E-state index contributed by atoms with van der Waals surface area (Å²) in [5, 5.41) is 5.35. The summed E-state index contributed by atoms with van der Waals surface area (Å²) in [7, 11) is 0. The number of hydrogen-bond acceptors (Lipinski definition) is 2. The van der Waals surface area contributed by atoms with E-state index in [1.165, 1.54) is 20.2 Å². The zero-order chi connectivity index (χ0) is 18.0. The molecule has 3 heteroatoms. The third kappa shape index (κ3) is 2.24. The van der Waals surface area contributed by atoms with E-state index in [1.54, 1.807) is 0 Å². The Balaban J connectivity index is 1.62. The number of para-hydroxylation sites is 1. The van der Waals surface area contributed by atoms with E-state index in [2.05, 4.69) is 54.6 Å². The van der Waals surface area contributed by atoms with Gasteiger partial charge in [-0.25, -0.2) is 0 Å². The molecular formula is C24H13ClOS. The Labute approximate surface area is 164 Å². The van der Waals surface area contributed by atoms with Gasteiger partial charge in [-0.2, -0.15) is 0 Å². The molecule has 2 aromatic heterocycles. The van der Waals surface area contributed by atoms with Crippen molar-refractivity contribution in [2.75, 3.05) is 0 Å². The van der Waals surface area contributed by atoms with Crippen molar-refractivity contribution in [3.05, 3.63) is 83.9 Å². The molecular weight excluding hydrogens is 372 g/mol. The van der Waals surface area contributed by atoms with Crippen molar-refractivity contribution in [3.8, 4) is 11.1 Å². The monoisotopic (exact) mass is 384 g/mol. The first-order valence-electron chi connectivity index (χ1n) is 8.80. The molecule has 1 nitrogen and oxygen atoms in total. The van der Waals surface area contributed by atoms with Crippen molar-refractivity contribution >= 4 is 65.0 Å². The van der Waals surface area contributed by atoms with E-state index < -0.39 is 0 Å². The summed E-state index contributed by atoms with van der Waals surface area (Å²) in [5.41, 5.74) is 3.92. The lowest BCUT2D eigenvalue weighted by Gasteiger charge is -2.04. The number of benzene rings is 4. The van der Waals surface area contributed by atoms with Gasteiger partial charge in [-0.3, -0.25) is 0 Å². The van der Waals surface area contributed by atoms with Crippen LogP contribution in [0, 0.1) is 0 Å². The molecule has 27 heavy (non-hydrogen) atoms. The Morgan fingerprint density at radius 1 is 0.630 bits per heavy atom. The largest absolute Gasteiger partial charge is 0.456 e. The molecule has 0 aliphatic rings. The Morgan fingerprint density at radius 3 is 2.33 bits per heavy atom. The molecule has 0 atom stereocenters. The highest BCUT2D eigenvalue weighted by Crippen LogP contribution is 2.40. The van der Waals surface area contributed by atoms with Gasteiger partial charge < -0.3 is 4.42 Å². The summed E-state index contributed by atoms with van der Waals surface area (Å²) in [6.07, 6.45) is 0. The number of thiophene rings is 1. The zero-order valence-electron chi connectivity index (χ0n) is 14.2. The number of halogens is 1. The SMILES string of the molecule is Clc1cc(-c2ccc3sc4ccccc4c3c2)cc2oc3ccccc3c12. The average molecular weight is 385 g/mol. The molecule has 0 saturated heterocycles. The molecule has 0 N–H and O–H groups in total. The van der Waals surface area contributed by atoms with Crippen LogP contribution in [0.1, 0.15) is 0 Å². The van der Waals surface area contributed by atoms with Crippen molar-refractivity contribution in [1.82, 2.24) is 0 Å². The molecule has 4 aromatic carbocycles. The summed E-state index contributed by atoms with van der Waals surface area (Å²) in [4.78, 5) is 0. The first kappa shape index (κ1) is 15.3. The summed E-state index contributed by atoms with van der Waals surface area (Å²) < 4.78 is 8.67. The highest BCUT2D eigenvalue weighted by molar-refractivity contribution is 7.25. The van der Waals surface area contributed by atoms with Crippen molar-refractivity contribution in [1.29, 1.82) is 0 Å². The minimum absolute atomic E-state index is 0.725. The molecule has 0 saturated carbocycles. The maximum atomic E-state index is 6.67. The Hall–Kier alpha value is -2.81. The van der Waals surface area contributed by atoms with Crippen LogP contribution < -0.4 is 0 Å². The first-order chi connectivity index (χ1) is 13.3. The molecule has 0 unspecified atom stereocenters. The average Bonchev–Trinajstić information content (AvgIpc) is 3.25. The van der Waals surface area contributed by atoms with E-state index in [1.807, 2.05) is 35.6 Å². The van der Waals surface area contributed by atoms with Crippen LogP contribution in [0.15, 0.2) is 83.3 Å². The second kappa shape index (κ2) is 5.59. The third-order valence-corrected chi connectivity index (χ3v) is 6.59. The molecule has 0 fully saturated rings. The molecule has 6 aromatic rings. The van der Waals surface area contributed by atoms with Crippen LogP contribution in [0.2, 0.25) is 5.02 Å².